The highest BCUT2D eigenvalue weighted by Gasteiger charge is 2.72. The van der Waals surface area contributed by atoms with Gasteiger partial charge in [0.1, 0.15) is 18.8 Å². The summed E-state index contributed by atoms with van der Waals surface area (Å²) in [4.78, 5) is 35.3. The first-order valence-corrected chi connectivity index (χ1v) is 8.11. The van der Waals surface area contributed by atoms with Crippen molar-refractivity contribution in [2.24, 2.45) is 17.3 Å². The molecule has 0 amide bonds. The van der Waals surface area contributed by atoms with Crippen molar-refractivity contribution in [3.05, 3.63) is 12.2 Å². The zero-order valence-electron chi connectivity index (χ0n) is 13.8. The van der Waals surface area contributed by atoms with Gasteiger partial charge < -0.3 is 19.3 Å². The van der Waals surface area contributed by atoms with Crippen molar-refractivity contribution < 1.29 is 33.7 Å². The monoisotopic (exact) mass is 349 g/mol. The number of hydrogen-bond acceptors (Lipinski definition) is 8. The first-order valence-electron chi connectivity index (χ1n) is 8.11. The van der Waals surface area contributed by atoms with E-state index in [2.05, 4.69) is 12.6 Å². The van der Waals surface area contributed by atoms with Gasteiger partial charge in [-0.2, -0.15) is 5.26 Å². The van der Waals surface area contributed by atoms with Crippen molar-refractivity contribution in [3.8, 4) is 6.07 Å². The van der Waals surface area contributed by atoms with Crippen molar-refractivity contribution >= 4 is 17.9 Å². The molecule has 6 atom stereocenters. The lowest BCUT2D eigenvalue weighted by Gasteiger charge is -2.28. The maximum absolute atomic E-state index is 12.0. The third kappa shape index (κ3) is 2.78. The van der Waals surface area contributed by atoms with Crippen LogP contribution >= 0.6 is 0 Å². The molecule has 0 aromatic rings. The number of carbonyl (C=O) groups excluding carboxylic acids is 3. The number of nitriles is 1. The molecule has 0 aromatic heterocycles. The van der Waals surface area contributed by atoms with Crippen LogP contribution in [-0.4, -0.2) is 47.9 Å². The van der Waals surface area contributed by atoms with Gasteiger partial charge in [-0.3, -0.25) is 9.59 Å². The van der Waals surface area contributed by atoms with E-state index in [-0.39, 0.29) is 30.4 Å². The van der Waals surface area contributed by atoms with Crippen molar-refractivity contribution in [1.29, 1.82) is 5.26 Å². The molecular weight excluding hydrogens is 330 g/mol. The molecule has 8 heteroatoms. The fourth-order valence-electron chi connectivity index (χ4n) is 4.03. The summed E-state index contributed by atoms with van der Waals surface area (Å²) in [5.74, 6) is -2.18. The molecule has 0 aromatic carbocycles. The zero-order chi connectivity index (χ0) is 18.4. The number of rotatable bonds is 6. The molecule has 1 saturated heterocycles. The highest BCUT2D eigenvalue weighted by Crippen LogP contribution is 2.62. The van der Waals surface area contributed by atoms with Crippen LogP contribution in [0.3, 0.4) is 0 Å². The fraction of sp³-hybridized carbons (Fsp3) is 0.647. The fourth-order valence-corrected chi connectivity index (χ4v) is 4.03. The van der Waals surface area contributed by atoms with E-state index in [0.717, 1.165) is 0 Å². The highest BCUT2D eigenvalue weighted by atomic mass is 16.6. The van der Waals surface area contributed by atoms with Crippen molar-refractivity contribution in [2.75, 3.05) is 6.61 Å². The molecule has 1 heterocycles. The van der Waals surface area contributed by atoms with E-state index in [0.29, 0.717) is 12.8 Å². The first kappa shape index (κ1) is 17.4. The quantitative estimate of drug-likeness (QED) is 0.411. The molecule has 1 aliphatic heterocycles. The van der Waals surface area contributed by atoms with Gasteiger partial charge in [0, 0.05) is 17.4 Å². The predicted molar refractivity (Wildman–Crippen MR) is 80.4 cm³/mol. The van der Waals surface area contributed by atoms with Crippen LogP contribution in [-0.2, 0) is 28.6 Å². The van der Waals surface area contributed by atoms with Crippen LogP contribution in [0, 0.1) is 28.6 Å². The van der Waals surface area contributed by atoms with E-state index in [1.807, 2.05) is 0 Å². The Morgan fingerprint density at radius 3 is 2.92 bits per heavy atom. The topological polar surface area (TPSA) is 123 Å². The minimum atomic E-state index is -1.20. The average Bonchev–Trinajstić information content (AvgIpc) is 3.14. The van der Waals surface area contributed by atoms with Crippen LogP contribution in [0.25, 0.3) is 0 Å². The van der Waals surface area contributed by atoms with Gasteiger partial charge in [0.15, 0.2) is 5.41 Å². The Morgan fingerprint density at radius 1 is 1.56 bits per heavy atom. The summed E-state index contributed by atoms with van der Waals surface area (Å²) >= 11 is 0. The van der Waals surface area contributed by atoms with Crippen LogP contribution in [0.1, 0.15) is 26.2 Å². The molecule has 1 N–H and O–H groups in total. The summed E-state index contributed by atoms with van der Waals surface area (Å²) in [6.45, 7) is 4.55. The van der Waals surface area contributed by atoms with Gasteiger partial charge >= 0.3 is 17.9 Å². The molecule has 2 aliphatic carbocycles. The Balaban J connectivity index is 1.52. The van der Waals surface area contributed by atoms with Gasteiger partial charge in [-0.1, -0.05) is 6.58 Å². The molecule has 2 saturated carbocycles. The lowest BCUT2D eigenvalue weighted by molar-refractivity contribution is -0.164. The van der Waals surface area contributed by atoms with Crippen molar-refractivity contribution in [2.45, 2.75) is 44.5 Å². The number of ether oxygens (including phenoxy) is 3. The summed E-state index contributed by atoms with van der Waals surface area (Å²) < 4.78 is 15.4. The molecule has 8 nitrogen and oxygen atoms in total. The number of esters is 3. The number of carbonyl (C=O) groups is 3. The van der Waals surface area contributed by atoms with Gasteiger partial charge in [-0.25, -0.2) is 4.79 Å². The Labute approximate surface area is 144 Å². The number of aliphatic hydroxyl groups is 1. The molecule has 3 rings (SSSR count). The standard InChI is InChI=1S/C17H19NO7/c1-8(2)15(21)23-6-10(19)4-12(20)24-13-9-3-11-14(13)25-16(22)17(11,5-9)7-18/h9-11,13-14,19H,1,3-6H2,2H3. The maximum Gasteiger partial charge on any atom is 0.333 e. The van der Waals surface area contributed by atoms with E-state index in [1.165, 1.54) is 6.92 Å². The van der Waals surface area contributed by atoms with Gasteiger partial charge in [0.25, 0.3) is 0 Å². The van der Waals surface area contributed by atoms with Crippen LogP contribution in [0.5, 0.6) is 0 Å². The molecule has 6 unspecified atom stereocenters. The van der Waals surface area contributed by atoms with Crippen LogP contribution < -0.4 is 0 Å². The van der Waals surface area contributed by atoms with E-state index in [9.17, 15) is 24.8 Å². The highest BCUT2D eigenvalue weighted by molar-refractivity contribution is 5.87. The summed E-state index contributed by atoms with van der Waals surface area (Å²) in [6, 6.07) is 2.08. The third-order valence-corrected chi connectivity index (χ3v) is 5.19. The second-order valence-electron chi connectivity index (χ2n) is 6.95. The number of nitrogens with zero attached hydrogens (tertiary/aromatic N) is 1. The number of aliphatic hydroxyl groups excluding tert-OH is 1. The average molecular weight is 349 g/mol. The zero-order valence-corrected chi connectivity index (χ0v) is 13.8. The summed E-state index contributed by atoms with van der Waals surface area (Å²) in [6.07, 6.45) is -1.77. The van der Waals surface area contributed by atoms with E-state index in [4.69, 9.17) is 14.2 Å². The normalized spacial score (nSPS) is 35.6. The Bertz CT molecular complexity index is 681. The number of hydrogen-bond donors (Lipinski definition) is 1. The van der Waals surface area contributed by atoms with E-state index < -0.39 is 41.6 Å². The van der Waals surface area contributed by atoms with Gasteiger partial charge in [0.05, 0.1) is 18.6 Å². The largest absolute Gasteiger partial charge is 0.460 e. The van der Waals surface area contributed by atoms with Crippen LogP contribution in [0.4, 0.5) is 0 Å². The molecule has 0 radical (unpaired) electrons. The van der Waals surface area contributed by atoms with E-state index in [1.54, 1.807) is 0 Å². The summed E-state index contributed by atoms with van der Waals surface area (Å²) in [7, 11) is 0. The van der Waals surface area contributed by atoms with Gasteiger partial charge in [-0.15, -0.1) is 0 Å². The van der Waals surface area contributed by atoms with Crippen LogP contribution in [0.15, 0.2) is 12.2 Å². The molecule has 0 spiro atoms. The Morgan fingerprint density at radius 2 is 2.28 bits per heavy atom. The molecular formula is C17H19NO7. The van der Waals surface area contributed by atoms with Crippen LogP contribution in [0.2, 0.25) is 0 Å². The smallest absolute Gasteiger partial charge is 0.333 e. The minimum absolute atomic E-state index is 0.0940. The molecule has 25 heavy (non-hydrogen) atoms. The number of fused-ring (bicyclic) bond motifs is 1. The lowest BCUT2D eigenvalue weighted by atomic mass is 9.75. The molecule has 134 valence electrons. The maximum atomic E-state index is 12.0. The second kappa shape index (κ2) is 6.15. The minimum Gasteiger partial charge on any atom is -0.460 e. The summed E-state index contributed by atoms with van der Waals surface area (Å²) in [5, 5.41) is 19.1. The SMILES string of the molecule is C=C(C)C(=O)OCC(O)CC(=O)OC1C2CC3C1OC(=O)C3(C#N)C2. The van der Waals surface area contributed by atoms with Gasteiger partial charge in [-0.05, 0) is 19.8 Å². The van der Waals surface area contributed by atoms with Gasteiger partial charge in [0.2, 0.25) is 0 Å². The Hall–Kier alpha value is -2.40. The predicted octanol–water partition coefficient (Wildman–Crippen LogP) is 0.244. The molecule has 2 bridgehead atoms. The van der Waals surface area contributed by atoms with Crippen molar-refractivity contribution in [1.82, 2.24) is 0 Å². The lowest BCUT2D eigenvalue weighted by Crippen LogP contribution is -2.40. The van der Waals surface area contributed by atoms with Crippen molar-refractivity contribution in [3.63, 3.8) is 0 Å². The second-order valence-corrected chi connectivity index (χ2v) is 6.95. The van der Waals surface area contributed by atoms with E-state index >= 15 is 0 Å². The first-order chi connectivity index (χ1) is 11.8. The Kier molecular flexibility index (Phi) is 4.29. The molecule has 3 fully saturated rings. The third-order valence-electron chi connectivity index (χ3n) is 5.19. The molecule has 3 aliphatic rings. The summed E-state index contributed by atoms with van der Waals surface area (Å²) in [5.41, 5.74) is -0.894.